The van der Waals surface area contributed by atoms with Gasteiger partial charge in [-0.05, 0) is 30.2 Å². The topological polar surface area (TPSA) is 78.2 Å². The van der Waals surface area contributed by atoms with Crippen LogP contribution in [-0.4, -0.2) is 16.9 Å². The first-order valence-corrected chi connectivity index (χ1v) is 4.96. The third kappa shape index (κ3) is 3.92. The molecule has 1 aromatic carbocycles. The Kier molecular flexibility index (Phi) is 4.18. The Balaban J connectivity index is 2.89. The van der Waals surface area contributed by atoms with Crippen molar-refractivity contribution in [2.75, 3.05) is 0 Å². The zero-order chi connectivity index (χ0) is 12.8. The summed E-state index contributed by atoms with van der Waals surface area (Å²) >= 11 is 0. The Bertz CT molecular complexity index is 524. The summed E-state index contributed by atoms with van der Waals surface area (Å²) < 4.78 is 0. The molecule has 1 N–H and O–H groups in total. The molecule has 0 bridgehead atoms. The molecule has 0 unspecified atom stereocenters. The fraction of sp³-hybridized carbons (Fsp3) is 0.154. The lowest BCUT2D eigenvalue weighted by Crippen LogP contribution is -2.03. The van der Waals surface area contributed by atoms with Gasteiger partial charge in [0.1, 0.15) is 6.42 Å². The van der Waals surface area contributed by atoms with Crippen LogP contribution in [0.2, 0.25) is 0 Å². The van der Waals surface area contributed by atoms with E-state index in [4.69, 9.17) is 10.4 Å². The molecule has 17 heavy (non-hydrogen) atoms. The second-order valence-corrected chi connectivity index (χ2v) is 3.57. The molecule has 0 aliphatic carbocycles. The van der Waals surface area contributed by atoms with Crippen molar-refractivity contribution < 1.29 is 14.7 Å². The smallest absolute Gasteiger partial charge is 0.311 e. The van der Waals surface area contributed by atoms with Gasteiger partial charge in [-0.1, -0.05) is 18.2 Å². The van der Waals surface area contributed by atoms with Crippen molar-refractivity contribution in [2.24, 2.45) is 0 Å². The first-order valence-electron chi connectivity index (χ1n) is 4.96. The number of carbonyl (C=O) groups excluding carboxylic acids is 1. The van der Waals surface area contributed by atoms with Gasteiger partial charge in [0.15, 0.2) is 5.78 Å². The second-order valence-electron chi connectivity index (χ2n) is 3.57. The Morgan fingerprint density at radius 3 is 2.76 bits per heavy atom. The number of ketones is 1. The highest BCUT2D eigenvalue weighted by Gasteiger charge is 2.04. The standard InChI is InChI=1S/C13H11NO3/c1-9-2-3-10(11(6-9)8-14)4-5-12(15)7-13(16)17/h2-6H,7H2,1H3,(H,16,17)/b5-4+. The molecule has 0 aliphatic heterocycles. The first kappa shape index (κ1) is 12.7. The summed E-state index contributed by atoms with van der Waals surface area (Å²) in [7, 11) is 0. The minimum absolute atomic E-state index is 0.462. The number of hydrogen-bond donors (Lipinski definition) is 1. The quantitative estimate of drug-likeness (QED) is 0.632. The maximum atomic E-state index is 11.1. The van der Waals surface area contributed by atoms with Crippen molar-refractivity contribution >= 4 is 17.8 Å². The molecule has 0 amide bonds. The minimum Gasteiger partial charge on any atom is -0.481 e. The summed E-state index contributed by atoms with van der Waals surface area (Å²) in [6, 6.07) is 7.27. The van der Waals surface area contributed by atoms with Crippen LogP contribution in [0.5, 0.6) is 0 Å². The molecule has 0 atom stereocenters. The van der Waals surface area contributed by atoms with Gasteiger partial charge in [0, 0.05) is 0 Å². The molecule has 1 rings (SSSR count). The van der Waals surface area contributed by atoms with Crippen LogP contribution in [0.25, 0.3) is 6.08 Å². The van der Waals surface area contributed by atoms with Gasteiger partial charge in [-0.25, -0.2) is 0 Å². The molecule has 0 aromatic heterocycles. The molecular weight excluding hydrogens is 218 g/mol. The largest absolute Gasteiger partial charge is 0.481 e. The molecule has 0 fully saturated rings. The van der Waals surface area contributed by atoms with E-state index in [2.05, 4.69) is 0 Å². The fourth-order valence-corrected chi connectivity index (χ4v) is 1.30. The monoisotopic (exact) mass is 229 g/mol. The van der Waals surface area contributed by atoms with Crippen molar-refractivity contribution in [2.45, 2.75) is 13.3 Å². The fourth-order valence-electron chi connectivity index (χ4n) is 1.30. The van der Waals surface area contributed by atoms with E-state index in [1.807, 2.05) is 19.1 Å². The number of allylic oxidation sites excluding steroid dienone is 1. The molecule has 4 nitrogen and oxygen atoms in total. The summed E-state index contributed by atoms with van der Waals surface area (Å²) in [5, 5.41) is 17.3. The molecule has 0 saturated carbocycles. The number of aryl methyl sites for hydroxylation is 1. The average molecular weight is 229 g/mol. The Labute approximate surface area is 98.8 Å². The summed E-state index contributed by atoms with van der Waals surface area (Å²) in [6.45, 7) is 1.86. The minimum atomic E-state index is -1.16. The number of carboxylic acid groups (broad SMARTS) is 1. The summed E-state index contributed by atoms with van der Waals surface area (Å²) in [6.07, 6.45) is 2.10. The van der Waals surface area contributed by atoms with Crippen molar-refractivity contribution in [3.8, 4) is 6.07 Å². The van der Waals surface area contributed by atoms with Crippen LogP contribution < -0.4 is 0 Å². The van der Waals surface area contributed by atoms with Crippen LogP contribution in [0.1, 0.15) is 23.1 Å². The van der Waals surface area contributed by atoms with Gasteiger partial charge < -0.3 is 5.11 Å². The highest BCUT2D eigenvalue weighted by atomic mass is 16.4. The molecule has 0 heterocycles. The van der Waals surface area contributed by atoms with E-state index in [0.29, 0.717) is 11.1 Å². The molecule has 0 spiro atoms. The van der Waals surface area contributed by atoms with Crippen LogP contribution in [0.15, 0.2) is 24.3 Å². The van der Waals surface area contributed by atoms with E-state index in [0.717, 1.165) is 5.56 Å². The number of benzene rings is 1. The van der Waals surface area contributed by atoms with E-state index in [9.17, 15) is 9.59 Å². The lowest BCUT2D eigenvalue weighted by molar-refractivity contribution is -0.139. The second kappa shape index (κ2) is 5.61. The van der Waals surface area contributed by atoms with Gasteiger partial charge in [-0.2, -0.15) is 5.26 Å². The molecule has 0 aliphatic rings. The summed E-state index contributed by atoms with van der Waals surface area (Å²) in [5.41, 5.74) is 2.02. The van der Waals surface area contributed by atoms with Crippen LogP contribution in [-0.2, 0) is 9.59 Å². The number of nitriles is 1. The number of hydrogen-bond acceptors (Lipinski definition) is 3. The zero-order valence-electron chi connectivity index (χ0n) is 9.30. The predicted molar refractivity (Wildman–Crippen MR) is 62.2 cm³/mol. The van der Waals surface area contributed by atoms with E-state index >= 15 is 0 Å². The summed E-state index contributed by atoms with van der Waals surface area (Å²) in [4.78, 5) is 21.4. The highest BCUT2D eigenvalue weighted by molar-refractivity contribution is 6.03. The predicted octanol–water partition coefficient (Wildman–Crippen LogP) is 1.92. The van der Waals surface area contributed by atoms with Crippen LogP contribution in [0.4, 0.5) is 0 Å². The Morgan fingerprint density at radius 1 is 1.47 bits per heavy atom. The normalized spacial score (nSPS) is 10.1. The molecule has 1 aromatic rings. The molecular formula is C13H11NO3. The lowest BCUT2D eigenvalue weighted by Gasteiger charge is -1.98. The van der Waals surface area contributed by atoms with E-state index in [1.165, 1.54) is 12.2 Å². The number of aliphatic carboxylic acids is 1. The van der Waals surface area contributed by atoms with Crippen LogP contribution in [0, 0.1) is 18.3 Å². The third-order valence-corrected chi connectivity index (χ3v) is 2.10. The van der Waals surface area contributed by atoms with Gasteiger partial charge in [0.25, 0.3) is 0 Å². The van der Waals surface area contributed by atoms with E-state index < -0.39 is 18.2 Å². The van der Waals surface area contributed by atoms with E-state index in [1.54, 1.807) is 12.1 Å². The maximum absolute atomic E-state index is 11.1. The summed E-state index contributed by atoms with van der Waals surface area (Å²) in [5.74, 6) is -1.66. The third-order valence-electron chi connectivity index (χ3n) is 2.10. The van der Waals surface area contributed by atoms with Gasteiger partial charge in [0.2, 0.25) is 0 Å². The van der Waals surface area contributed by atoms with Crippen molar-refractivity contribution in [1.29, 1.82) is 5.26 Å². The number of carboxylic acids is 1. The maximum Gasteiger partial charge on any atom is 0.311 e. The number of carbonyl (C=O) groups is 2. The molecule has 0 radical (unpaired) electrons. The number of nitrogens with zero attached hydrogens (tertiary/aromatic N) is 1. The van der Waals surface area contributed by atoms with Gasteiger partial charge in [-0.15, -0.1) is 0 Å². The SMILES string of the molecule is Cc1ccc(/C=C/C(=O)CC(=O)O)c(C#N)c1. The van der Waals surface area contributed by atoms with E-state index in [-0.39, 0.29) is 0 Å². The van der Waals surface area contributed by atoms with Crippen molar-refractivity contribution in [3.63, 3.8) is 0 Å². The molecule has 0 saturated heterocycles. The van der Waals surface area contributed by atoms with Gasteiger partial charge in [0.05, 0.1) is 11.6 Å². The Morgan fingerprint density at radius 2 is 2.18 bits per heavy atom. The van der Waals surface area contributed by atoms with Crippen molar-refractivity contribution in [1.82, 2.24) is 0 Å². The zero-order valence-corrected chi connectivity index (χ0v) is 9.30. The molecule has 86 valence electrons. The number of rotatable bonds is 4. The lowest BCUT2D eigenvalue weighted by atomic mass is 10.0. The van der Waals surface area contributed by atoms with Crippen molar-refractivity contribution in [3.05, 3.63) is 41.0 Å². The first-order chi connectivity index (χ1) is 8.02. The molecule has 4 heteroatoms. The van der Waals surface area contributed by atoms with Gasteiger partial charge in [-0.3, -0.25) is 9.59 Å². The van der Waals surface area contributed by atoms with Gasteiger partial charge >= 0.3 is 5.97 Å². The van der Waals surface area contributed by atoms with Crippen LogP contribution >= 0.6 is 0 Å². The van der Waals surface area contributed by atoms with Crippen LogP contribution in [0.3, 0.4) is 0 Å². The Hall–Kier alpha value is -2.41. The highest BCUT2D eigenvalue weighted by Crippen LogP contribution is 2.12. The average Bonchev–Trinajstić information content (AvgIpc) is 2.26.